The largest absolute Gasteiger partial charge is 0.482 e. The Kier molecular flexibility index (Phi) is 5.75. The van der Waals surface area contributed by atoms with Gasteiger partial charge in [-0.2, -0.15) is 0 Å². The molecule has 166 valence electrons. The fourth-order valence-electron chi connectivity index (χ4n) is 4.27. The van der Waals surface area contributed by atoms with E-state index in [-0.39, 0.29) is 30.9 Å². The van der Waals surface area contributed by atoms with Gasteiger partial charge in [-0.15, -0.1) is 0 Å². The Morgan fingerprint density at radius 1 is 1.03 bits per heavy atom. The smallest absolute Gasteiger partial charge is 0.265 e. The van der Waals surface area contributed by atoms with E-state index in [0.717, 1.165) is 22.0 Å². The second kappa shape index (κ2) is 9.00. The SMILES string of the molecule is O=C(CN1C(=O)COc2ccccc21)NC[C@@H](c1ccccc1Cl)c1c[nH]c2ccccc12. The first-order chi connectivity index (χ1) is 16.1. The summed E-state index contributed by atoms with van der Waals surface area (Å²) in [7, 11) is 0. The highest BCUT2D eigenvalue weighted by atomic mass is 35.5. The Morgan fingerprint density at radius 2 is 1.79 bits per heavy atom. The van der Waals surface area contributed by atoms with Crippen LogP contribution in [0.15, 0.2) is 79.0 Å². The van der Waals surface area contributed by atoms with Gasteiger partial charge in [0.25, 0.3) is 5.91 Å². The minimum atomic E-state index is -0.253. The van der Waals surface area contributed by atoms with Crippen molar-refractivity contribution in [2.75, 3.05) is 24.6 Å². The Labute approximate surface area is 196 Å². The van der Waals surface area contributed by atoms with Gasteiger partial charge in [-0.1, -0.05) is 60.1 Å². The number of amides is 2. The number of fused-ring (bicyclic) bond motifs is 2. The molecule has 2 N–H and O–H groups in total. The maximum atomic E-state index is 12.9. The molecular weight excluding hydrogens is 438 g/mol. The summed E-state index contributed by atoms with van der Waals surface area (Å²) in [4.78, 5) is 30.1. The molecule has 33 heavy (non-hydrogen) atoms. The van der Waals surface area contributed by atoms with Crippen molar-refractivity contribution in [1.82, 2.24) is 10.3 Å². The average Bonchev–Trinajstić information content (AvgIpc) is 3.26. The summed E-state index contributed by atoms with van der Waals surface area (Å²) in [5, 5.41) is 4.73. The lowest BCUT2D eigenvalue weighted by molar-refractivity contribution is -0.125. The molecule has 0 unspecified atom stereocenters. The molecule has 0 aliphatic carbocycles. The summed E-state index contributed by atoms with van der Waals surface area (Å²) in [6, 6.07) is 22.9. The van der Waals surface area contributed by atoms with Gasteiger partial charge in [0, 0.05) is 34.6 Å². The predicted octanol–water partition coefficient (Wildman–Crippen LogP) is 4.50. The van der Waals surface area contributed by atoms with Crippen molar-refractivity contribution in [2.45, 2.75) is 5.92 Å². The van der Waals surface area contributed by atoms with Crippen LogP contribution in [-0.4, -0.2) is 36.5 Å². The van der Waals surface area contributed by atoms with Crippen LogP contribution in [-0.2, 0) is 9.59 Å². The van der Waals surface area contributed by atoms with Crippen LogP contribution in [0.5, 0.6) is 5.75 Å². The molecule has 0 saturated carbocycles. The molecule has 1 atom stereocenters. The molecule has 1 aromatic heterocycles. The molecular formula is C26H22ClN3O3. The maximum absolute atomic E-state index is 12.9. The van der Waals surface area contributed by atoms with E-state index in [1.807, 2.05) is 60.8 Å². The van der Waals surface area contributed by atoms with Gasteiger partial charge in [-0.3, -0.25) is 14.5 Å². The van der Waals surface area contributed by atoms with Crippen molar-refractivity contribution in [1.29, 1.82) is 0 Å². The van der Waals surface area contributed by atoms with Crippen molar-refractivity contribution in [3.05, 3.63) is 95.1 Å². The highest BCUT2D eigenvalue weighted by Gasteiger charge is 2.28. The van der Waals surface area contributed by atoms with E-state index < -0.39 is 0 Å². The average molecular weight is 460 g/mol. The molecule has 7 heteroatoms. The first-order valence-electron chi connectivity index (χ1n) is 10.7. The Balaban J connectivity index is 1.39. The third-order valence-corrected chi connectivity index (χ3v) is 6.23. The summed E-state index contributed by atoms with van der Waals surface area (Å²) < 4.78 is 5.47. The number of ether oxygens (including phenoxy) is 1. The predicted molar refractivity (Wildman–Crippen MR) is 129 cm³/mol. The van der Waals surface area contributed by atoms with Crippen LogP contribution in [0.1, 0.15) is 17.0 Å². The minimum absolute atomic E-state index is 0.0810. The standard InChI is InChI=1S/C26H22ClN3O3/c27-21-9-3-1-7-17(21)19(20-13-28-22-10-4-2-8-18(20)22)14-29-25(31)15-30-23-11-5-6-12-24(23)33-16-26(30)32/h1-13,19,28H,14-16H2,(H,29,31)/t19-/m0/s1. The lowest BCUT2D eigenvalue weighted by Crippen LogP contribution is -2.45. The first-order valence-corrected chi connectivity index (χ1v) is 11.1. The highest BCUT2D eigenvalue weighted by molar-refractivity contribution is 6.31. The lowest BCUT2D eigenvalue weighted by Gasteiger charge is -2.29. The molecule has 0 radical (unpaired) electrons. The van der Waals surface area contributed by atoms with E-state index in [0.29, 0.717) is 23.0 Å². The van der Waals surface area contributed by atoms with Crippen LogP contribution in [0.4, 0.5) is 5.69 Å². The zero-order valence-corrected chi connectivity index (χ0v) is 18.5. The summed E-state index contributed by atoms with van der Waals surface area (Å²) in [5.41, 5.74) is 3.60. The molecule has 0 spiro atoms. The number of hydrogen-bond acceptors (Lipinski definition) is 3. The number of H-pyrrole nitrogens is 1. The van der Waals surface area contributed by atoms with Crippen LogP contribution < -0.4 is 15.0 Å². The van der Waals surface area contributed by atoms with Crippen molar-refractivity contribution in [2.24, 2.45) is 0 Å². The van der Waals surface area contributed by atoms with Gasteiger partial charge in [0.05, 0.1) is 5.69 Å². The molecule has 2 amide bonds. The monoisotopic (exact) mass is 459 g/mol. The Bertz CT molecular complexity index is 1330. The number of aromatic amines is 1. The van der Waals surface area contributed by atoms with Gasteiger partial charge in [-0.25, -0.2) is 0 Å². The van der Waals surface area contributed by atoms with Crippen molar-refractivity contribution >= 4 is 40.0 Å². The topological polar surface area (TPSA) is 74.4 Å². The van der Waals surface area contributed by atoms with Crippen LogP contribution >= 0.6 is 11.6 Å². The number of rotatable bonds is 6. The number of benzene rings is 3. The molecule has 4 aromatic rings. The molecule has 0 bridgehead atoms. The number of carbonyl (C=O) groups is 2. The fraction of sp³-hybridized carbons (Fsp3) is 0.154. The third-order valence-electron chi connectivity index (χ3n) is 5.89. The van der Waals surface area contributed by atoms with Gasteiger partial charge in [0.15, 0.2) is 6.61 Å². The first kappa shape index (κ1) is 21.1. The van der Waals surface area contributed by atoms with Crippen LogP contribution in [0.25, 0.3) is 10.9 Å². The minimum Gasteiger partial charge on any atom is -0.482 e. The number of aromatic nitrogens is 1. The summed E-state index contributed by atoms with van der Waals surface area (Å²) in [6.45, 7) is 0.175. The summed E-state index contributed by atoms with van der Waals surface area (Å²) in [6.07, 6.45) is 1.96. The van der Waals surface area contributed by atoms with E-state index in [1.165, 1.54) is 4.90 Å². The number of anilines is 1. The molecule has 6 nitrogen and oxygen atoms in total. The second-order valence-corrected chi connectivity index (χ2v) is 8.31. The summed E-state index contributed by atoms with van der Waals surface area (Å²) in [5.74, 6) is -0.0656. The number of hydrogen-bond donors (Lipinski definition) is 2. The molecule has 0 fully saturated rings. The van der Waals surface area contributed by atoms with Crippen molar-refractivity contribution < 1.29 is 14.3 Å². The van der Waals surface area contributed by atoms with Gasteiger partial charge in [-0.05, 0) is 35.4 Å². The fourth-order valence-corrected chi connectivity index (χ4v) is 4.54. The summed E-state index contributed by atoms with van der Waals surface area (Å²) >= 11 is 6.54. The van der Waals surface area contributed by atoms with Gasteiger partial charge in [0.1, 0.15) is 12.3 Å². The van der Waals surface area contributed by atoms with E-state index in [1.54, 1.807) is 12.1 Å². The van der Waals surface area contributed by atoms with E-state index in [4.69, 9.17) is 16.3 Å². The second-order valence-electron chi connectivity index (χ2n) is 7.90. The number of halogens is 1. The molecule has 3 aromatic carbocycles. The molecule has 2 heterocycles. The maximum Gasteiger partial charge on any atom is 0.265 e. The zero-order chi connectivity index (χ0) is 22.8. The highest BCUT2D eigenvalue weighted by Crippen LogP contribution is 2.34. The van der Waals surface area contributed by atoms with Crippen LogP contribution in [0.3, 0.4) is 0 Å². The van der Waals surface area contributed by atoms with Gasteiger partial charge in [0.2, 0.25) is 5.91 Å². The quantitative estimate of drug-likeness (QED) is 0.446. The molecule has 5 rings (SSSR count). The van der Waals surface area contributed by atoms with E-state index in [9.17, 15) is 9.59 Å². The number of para-hydroxylation sites is 3. The van der Waals surface area contributed by atoms with Crippen molar-refractivity contribution in [3.63, 3.8) is 0 Å². The molecule has 0 saturated heterocycles. The Hall–Kier alpha value is -3.77. The van der Waals surface area contributed by atoms with E-state index >= 15 is 0 Å². The number of carbonyl (C=O) groups excluding carboxylic acids is 2. The van der Waals surface area contributed by atoms with Crippen LogP contribution in [0, 0.1) is 0 Å². The zero-order valence-electron chi connectivity index (χ0n) is 17.8. The van der Waals surface area contributed by atoms with Gasteiger partial charge < -0.3 is 15.0 Å². The van der Waals surface area contributed by atoms with Crippen LogP contribution in [0.2, 0.25) is 5.02 Å². The normalized spacial score (nSPS) is 14.0. The Morgan fingerprint density at radius 3 is 2.67 bits per heavy atom. The number of nitrogens with zero attached hydrogens (tertiary/aromatic N) is 1. The molecule has 1 aliphatic rings. The number of nitrogens with one attached hydrogen (secondary N) is 2. The van der Waals surface area contributed by atoms with Gasteiger partial charge >= 0.3 is 0 Å². The third kappa shape index (κ3) is 4.17. The lowest BCUT2D eigenvalue weighted by atomic mass is 9.90. The van der Waals surface area contributed by atoms with E-state index in [2.05, 4.69) is 16.4 Å². The van der Waals surface area contributed by atoms with Crippen molar-refractivity contribution in [3.8, 4) is 5.75 Å². The molecule has 1 aliphatic heterocycles.